The highest BCUT2D eigenvalue weighted by molar-refractivity contribution is 9.10. The number of halogens is 1. The first kappa shape index (κ1) is 16.5. The van der Waals surface area contributed by atoms with E-state index in [9.17, 15) is 9.59 Å². The number of anilines is 1. The lowest BCUT2D eigenvalue weighted by Crippen LogP contribution is -2.37. The SMILES string of the molecule is Cc1ccc(Br)cc1NC(=O)CNC(=O)C1CC12CCNCC2. The highest BCUT2D eigenvalue weighted by Gasteiger charge is 2.57. The van der Waals surface area contributed by atoms with Crippen LogP contribution in [-0.2, 0) is 9.59 Å². The summed E-state index contributed by atoms with van der Waals surface area (Å²) < 4.78 is 0.910. The van der Waals surface area contributed by atoms with Crippen molar-refractivity contribution in [3.05, 3.63) is 28.2 Å². The van der Waals surface area contributed by atoms with Gasteiger partial charge >= 0.3 is 0 Å². The molecule has 1 atom stereocenters. The molecule has 1 aliphatic heterocycles. The Hall–Kier alpha value is -1.40. The van der Waals surface area contributed by atoms with Gasteiger partial charge in [-0.1, -0.05) is 22.0 Å². The summed E-state index contributed by atoms with van der Waals surface area (Å²) >= 11 is 3.39. The van der Waals surface area contributed by atoms with Gasteiger partial charge in [0.1, 0.15) is 0 Å². The highest BCUT2D eigenvalue weighted by Crippen LogP contribution is 2.58. The third kappa shape index (κ3) is 3.75. The van der Waals surface area contributed by atoms with Crippen LogP contribution in [0, 0.1) is 18.3 Å². The Bertz CT molecular complexity index is 626. The van der Waals surface area contributed by atoms with Crippen LogP contribution in [0.2, 0.25) is 0 Å². The van der Waals surface area contributed by atoms with E-state index in [2.05, 4.69) is 31.9 Å². The van der Waals surface area contributed by atoms with Crippen LogP contribution in [0.1, 0.15) is 24.8 Å². The monoisotopic (exact) mass is 379 g/mol. The van der Waals surface area contributed by atoms with Gasteiger partial charge in [-0.05, 0) is 62.4 Å². The molecular weight excluding hydrogens is 358 g/mol. The summed E-state index contributed by atoms with van der Waals surface area (Å²) in [5, 5.41) is 8.96. The number of amides is 2. The molecule has 5 nitrogen and oxygen atoms in total. The topological polar surface area (TPSA) is 70.2 Å². The van der Waals surface area contributed by atoms with E-state index in [0.29, 0.717) is 0 Å². The van der Waals surface area contributed by atoms with Gasteiger partial charge in [-0.3, -0.25) is 9.59 Å². The summed E-state index contributed by atoms with van der Waals surface area (Å²) in [6.07, 6.45) is 3.09. The quantitative estimate of drug-likeness (QED) is 0.750. The molecule has 0 aromatic heterocycles. The molecule has 1 saturated carbocycles. The molecule has 23 heavy (non-hydrogen) atoms. The fourth-order valence-electron chi connectivity index (χ4n) is 3.41. The minimum atomic E-state index is -0.195. The van der Waals surface area contributed by atoms with Crippen molar-refractivity contribution in [2.45, 2.75) is 26.2 Å². The normalized spacial score (nSPS) is 21.7. The van der Waals surface area contributed by atoms with Crippen molar-refractivity contribution in [2.24, 2.45) is 11.3 Å². The first-order valence-corrected chi connectivity index (χ1v) is 8.84. The largest absolute Gasteiger partial charge is 0.347 e. The van der Waals surface area contributed by atoms with Crippen molar-refractivity contribution in [2.75, 3.05) is 25.0 Å². The number of benzene rings is 1. The van der Waals surface area contributed by atoms with Crippen molar-refractivity contribution in [3.63, 3.8) is 0 Å². The summed E-state index contributed by atoms with van der Waals surface area (Å²) in [6.45, 7) is 3.94. The fourth-order valence-corrected chi connectivity index (χ4v) is 3.77. The van der Waals surface area contributed by atoms with E-state index in [1.165, 1.54) is 0 Å². The molecule has 0 radical (unpaired) electrons. The zero-order chi connectivity index (χ0) is 16.4. The number of piperidine rings is 1. The lowest BCUT2D eigenvalue weighted by molar-refractivity contribution is -0.125. The Kier molecular flexibility index (Phi) is 4.73. The van der Waals surface area contributed by atoms with Crippen molar-refractivity contribution >= 4 is 33.4 Å². The van der Waals surface area contributed by atoms with Gasteiger partial charge in [-0.25, -0.2) is 0 Å². The van der Waals surface area contributed by atoms with E-state index in [-0.39, 0.29) is 29.7 Å². The van der Waals surface area contributed by atoms with Gasteiger partial charge in [0.15, 0.2) is 0 Å². The molecule has 1 aromatic rings. The van der Waals surface area contributed by atoms with Gasteiger partial charge in [0.25, 0.3) is 0 Å². The third-order valence-corrected chi connectivity index (χ3v) is 5.50. The number of rotatable bonds is 4. The van der Waals surface area contributed by atoms with E-state index in [1.54, 1.807) is 0 Å². The molecular formula is C17H22BrN3O2. The Morgan fingerprint density at radius 1 is 1.35 bits per heavy atom. The summed E-state index contributed by atoms with van der Waals surface area (Å²) in [5.41, 5.74) is 1.95. The molecule has 1 aliphatic carbocycles. The predicted molar refractivity (Wildman–Crippen MR) is 93.2 cm³/mol. The number of nitrogens with one attached hydrogen (secondary N) is 3. The number of aryl methyl sites for hydroxylation is 1. The Morgan fingerprint density at radius 2 is 2.09 bits per heavy atom. The second kappa shape index (κ2) is 6.61. The molecule has 1 spiro atoms. The molecule has 1 unspecified atom stereocenters. The standard InChI is InChI=1S/C17H22BrN3O2/c1-11-2-3-12(18)8-14(11)21-15(22)10-20-16(23)13-9-17(13)4-6-19-7-5-17/h2-3,8,13,19H,4-7,9-10H2,1H3,(H,20,23)(H,21,22). The molecule has 124 valence electrons. The molecule has 3 N–H and O–H groups in total. The smallest absolute Gasteiger partial charge is 0.243 e. The third-order valence-electron chi connectivity index (χ3n) is 5.00. The molecule has 1 heterocycles. The van der Waals surface area contributed by atoms with Gasteiger partial charge in [0, 0.05) is 16.1 Å². The number of carbonyl (C=O) groups excluding carboxylic acids is 2. The maximum absolute atomic E-state index is 12.2. The Labute approximate surface area is 144 Å². The molecule has 1 aromatic carbocycles. The van der Waals surface area contributed by atoms with Crippen molar-refractivity contribution in [1.82, 2.24) is 10.6 Å². The van der Waals surface area contributed by atoms with Crippen LogP contribution in [0.4, 0.5) is 5.69 Å². The van der Waals surface area contributed by atoms with Gasteiger partial charge in [-0.15, -0.1) is 0 Å². The van der Waals surface area contributed by atoms with Gasteiger partial charge in [0.05, 0.1) is 6.54 Å². The number of hydrogen-bond acceptors (Lipinski definition) is 3. The number of hydrogen-bond donors (Lipinski definition) is 3. The van der Waals surface area contributed by atoms with Gasteiger partial charge in [-0.2, -0.15) is 0 Å². The van der Waals surface area contributed by atoms with Gasteiger partial charge < -0.3 is 16.0 Å². The lowest BCUT2D eigenvalue weighted by atomic mass is 9.92. The molecule has 2 fully saturated rings. The Balaban J connectivity index is 1.48. The average molecular weight is 380 g/mol. The number of carbonyl (C=O) groups is 2. The van der Waals surface area contributed by atoms with E-state index in [4.69, 9.17) is 0 Å². The summed E-state index contributed by atoms with van der Waals surface area (Å²) in [4.78, 5) is 24.3. The summed E-state index contributed by atoms with van der Waals surface area (Å²) in [5.74, 6) is -0.0856. The van der Waals surface area contributed by atoms with Crippen LogP contribution in [0.15, 0.2) is 22.7 Å². The second-order valence-corrected chi connectivity index (χ2v) is 7.51. The lowest BCUT2D eigenvalue weighted by Gasteiger charge is -2.23. The first-order chi connectivity index (χ1) is 11.0. The highest BCUT2D eigenvalue weighted by atomic mass is 79.9. The van der Waals surface area contributed by atoms with E-state index in [1.807, 2.05) is 25.1 Å². The molecule has 2 aliphatic rings. The summed E-state index contributed by atoms with van der Waals surface area (Å²) in [6, 6.07) is 5.72. The fraction of sp³-hybridized carbons (Fsp3) is 0.529. The van der Waals surface area contributed by atoms with E-state index in [0.717, 1.165) is 48.1 Å². The van der Waals surface area contributed by atoms with Crippen molar-refractivity contribution in [3.8, 4) is 0 Å². The van der Waals surface area contributed by atoms with Crippen molar-refractivity contribution in [1.29, 1.82) is 0 Å². The molecule has 2 amide bonds. The molecule has 0 bridgehead atoms. The van der Waals surface area contributed by atoms with Crippen LogP contribution in [0.5, 0.6) is 0 Å². The van der Waals surface area contributed by atoms with Crippen LogP contribution < -0.4 is 16.0 Å². The van der Waals surface area contributed by atoms with Crippen LogP contribution >= 0.6 is 15.9 Å². The predicted octanol–water partition coefficient (Wildman–Crippen LogP) is 2.20. The summed E-state index contributed by atoms with van der Waals surface area (Å²) in [7, 11) is 0. The van der Waals surface area contributed by atoms with Crippen LogP contribution in [0.25, 0.3) is 0 Å². The zero-order valence-electron chi connectivity index (χ0n) is 13.2. The zero-order valence-corrected chi connectivity index (χ0v) is 14.8. The maximum atomic E-state index is 12.2. The molecule has 1 saturated heterocycles. The average Bonchev–Trinajstić information content (AvgIpc) is 3.22. The van der Waals surface area contributed by atoms with Crippen LogP contribution in [0.3, 0.4) is 0 Å². The van der Waals surface area contributed by atoms with Gasteiger partial charge in [0.2, 0.25) is 11.8 Å². The van der Waals surface area contributed by atoms with E-state index >= 15 is 0 Å². The molecule has 3 rings (SSSR count). The second-order valence-electron chi connectivity index (χ2n) is 6.59. The Morgan fingerprint density at radius 3 is 2.83 bits per heavy atom. The molecule has 6 heteroatoms. The maximum Gasteiger partial charge on any atom is 0.243 e. The minimum Gasteiger partial charge on any atom is -0.347 e. The van der Waals surface area contributed by atoms with Crippen molar-refractivity contribution < 1.29 is 9.59 Å². The first-order valence-electron chi connectivity index (χ1n) is 8.05. The minimum absolute atomic E-state index is 0.0213. The van der Waals surface area contributed by atoms with Crippen LogP contribution in [-0.4, -0.2) is 31.4 Å². The van der Waals surface area contributed by atoms with E-state index < -0.39 is 0 Å².